The fourth-order valence-corrected chi connectivity index (χ4v) is 11.2. The molecule has 0 spiro atoms. The van der Waals surface area contributed by atoms with Gasteiger partial charge in [-0.25, -0.2) is 23.5 Å². The van der Waals surface area contributed by atoms with E-state index < -0.39 is 101 Å². The minimum atomic E-state index is -4.92. The summed E-state index contributed by atoms with van der Waals surface area (Å²) in [6, 6.07) is 33.7. The van der Waals surface area contributed by atoms with Crippen LogP contribution in [0.4, 0.5) is 39.5 Å². The molecule has 12 rings (SSSR count). The number of H-pyrrole nitrogens is 1. The smallest absolute Gasteiger partial charge is 0.480 e. The van der Waals surface area contributed by atoms with Crippen LogP contribution in [0.25, 0.3) is 33.5 Å². The molecule has 0 fully saturated rings. The van der Waals surface area contributed by atoms with Crippen molar-refractivity contribution in [3.63, 3.8) is 0 Å². The number of halogens is 13. The largest absolute Gasteiger partial charge is 0.573 e. The average Bonchev–Trinajstić information content (AvgIpc) is 1.56. The number of aromatic amines is 1. The lowest BCUT2D eigenvalue weighted by atomic mass is 10.2. The Labute approximate surface area is 682 Å². The third kappa shape index (κ3) is 24.6. The number of ether oxygens (including phenoxy) is 8. The molecular weight excluding hydrogens is 1710 g/mol. The number of nitrogens with one attached hydrogen (secondary N) is 1. The second kappa shape index (κ2) is 37.3. The second-order valence-electron chi connectivity index (χ2n) is 26.7. The number of hydrogen-bond donors (Lipinski definition) is 2. The third-order valence-corrected chi connectivity index (χ3v) is 16.6. The summed E-state index contributed by atoms with van der Waals surface area (Å²) in [5, 5.41) is 10.9. The van der Waals surface area contributed by atoms with Gasteiger partial charge >= 0.3 is 72.1 Å². The molecule has 0 radical (unpaired) electrons. The van der Waals surface area contributed by atoms with E-state index in [0.29, 0.717) is 30.8 Å². The normalized spacial score (nSPS) is 11.6. The van der Waals surface area contributed by atoms with Crippen LogP contribution in [-0.4, -0.2) is 115 Å². The summed E-state index contributed by atoms with van der Waals surface area (Å²) in [4.78, 5) is 126. The number of rotatable bonds is 20. The van der Waals surface area contributed by atoms with E-state index in [1.54, 1.807) is 93.6 Å². The summed E-state index contributed by atoms with van der Waals surface area (Å²) in [6.07, 6.45) is -14.7. The zero-order valence-corrected chi connectivity index (χ0v) is 66.2. The van der Waals surface area contributed by atoms with Gasteiger partial charge in [-0.1, -0.05) is 113 Å². The molecule has 118 heavy (non-hydrogen) atoms. The van der Waals surface area contributed by atoms with Crippen molar-refractivity contribution in [3.05, 3.63) is 240 Å². The van der Waals surface area contributed by atoms with Gasteiger partial charge < -0.3 is 43.0 Å². The number of fused-ring (bicyclic) bond motifs is 3. The zero-order valence-electron chi connectivity index (χ0n) is 62.3. The number of carboxylic acids is 1. The molecule has 2 N–H and O–H groups in total. The molecule has 628 valence electrons. The second-order valence-corrected chi connectivity index (χ2v) is 28.6. The van der Waals surface area contributed by atoms with E-state index in [-0.39, 0.29) is 113 Å². The number of alkyl halides is 10. The SMILES string of the molecule is C.CC(C)(C)OC(=O)CBr.Cn1c(=O)[nH]c(=O)c2c1nc(Oc1cccc(OC(F)(F)F)c1)n2Cc1ccc(Cl)cc1.Cn1c(=O)n(CC(=O)O)c(=O)c2c1nc(Oc1cccc(OC(F)(F)F)c1)n2Cc1ccc(Cl)cc1.Cn1c(=O)n(CC(=O)OC(C)(C)C)c(=O)c2c1nc(Oc1cccc(OC(F)(F)F)c1)n2Cc1ccc(Cl)cc1. The molecule has 43 heteroatoms. The van der Waals surface area contributed by atoms with Crippen molar-refractivity contribution >= 4 is 102 Å². The lowest BCUT2D eigenvalue weighted by Gasteiger charge is -2.19. The van der Waals surface area contributed by atoms with Crippen LogP contribution in [0.2, 0.25) is 15.1 Å². The molecule has 0 bridgehead atoms. The summed E-state index contributed by atoms with van der Waals surface area (Å²) in [7, 11) is 4.07. The van der Waals surface area contributed by atoms with Crippen LogP contribution in [0.1, 0.15) is 65.7 Å². The van der Waals surface area contributed by atoms with Crippen molar-refractivity contribution in [1.82, 2.24) is 56.5 Å². The number of esters is 2. The van der Waals surface area contributed by atoms with Gasteiger partial charge in [0.25, 0.3) is 16.7 Å². The summed E-state index contributed by atoms with van der Waals surface area (Å²) in [6.45, 7) is 9.01. The Balaban J connectivity index is 0.000000209. The maximum Gasteiger partial charge on any atom is 0.573 e. The summed E-state index contributed by atoms with van der Waals surface area (Å²) in [5.74, 6) is -4.17. The van der Waals surface area contributed by atoms with Gasteiger partial charge in [0.1, 0.15) is 64.1 Å². The molecule has 0 unspecified atom stereocenters. The predicted molar refractivity (Wildman–Crippen MR) is 415 cm³/mol. The minimum absolute atomic E-state index is 0. The Morgan fingerprint density at radius 3 is 1.03 bits per heavy atom. The van der Waals surface area contributed by atoms with Gasteiger partial charge in [-0.3, -0.25) is 61.2 Å². The van der Waals surface area contributed by atoms with Gasteiger partial charge in [0.2, 0.25) is 0 Å². The van der Waals surface area contributed by atoms with Crippen LogP contribution >= 0.6 is 50.7 Å². The predicted octanol–water partition coefficient (Wildman–Crippen LogP) is 14.2. The molecule has 0 amide bonds. The Kier molecular flexibility index (Phi) is 28.8. The number of carboxylic acid groups (broad SMARTS) is 1. The number of aromatic nitrogens is 12. The average molecular weight is 1780 g/mol. The molecule has 0 aliphatic rings. The number of aryl methyl sites for hydroxylation is 3. The summed E-state index contributed by atoms with van der Waals surface area (Å²) >= 11 is 20.8. The first-order chi connectivity index (χ1) is 54.6. The molecule has 0 aliphatic carbocycles. The summed E-state index contributed by atoms with van der Waals surface area (Å²) < 4.78 is 161. The van der Waals surface area contributed by atoms with E-state index in [1.165, 1.54) is 71.2 Å². The van der Waals surface area contributed by atoms with E-state index in [4.69, 9.17) is 63.6 Å². The fraction of sp³-hybridized carbons (Fsp3) is 0.280. The minimum Gasteiger partial charge on any atom is -0.480 e. The highest BCUT2D eigenvalue weighted by Crippen LogP contribution is 2.35. The lowest BCUT2D eigenvalue weighted by molar-refractivity contribution is -0.275. The Morgan fingerprint density at radius 1 is 0.432 bits per heavy atom. The van der Waals surface area contributed by atoms with E-state index >= 15 is 0 Å². The van der Waals surface area contributed by atoms with Crippen molar-refractivity contribution in [2.24, 2.45) is 21.1 Å². The van der Waals surface area contributed by atoms with Gasteiger partial charge in [0, 0.05) is 54.4 Å². The van der Waals surface area contributed by atoms with Crippen LogP contribution < -0.4 is 62.2 Å². The zero-order chi connectivity index (χ0) is 86.1. The highest BCUT2D eigenvalue weighted by Gasteiger charge is 2.35. The highest BCUT2D eigenvalue weighted by molar-refractivity contribution is 9.09. The molecule has 0 aliphatic heterocycles. The van der Waals surface area contributed by atoms with E-state index in [0.717, 1.165) is 60.2 Å². The van der Waals surface area contributed by atoms with Crippen molar-refractivity contribution in [2.45, 2.75) is 112 Å². The maximum atomic E-state index is 13.6. The Morgan fingerprint density at radius 2 is 0.729 bits per heavy atom. The van der Waals surface area contributed by atoms with Gasteiger partial charge in [-0.2, -0.15) is 15.0 Å². The van der Waals surface area contributed by atoms with Gasteiger partial charge in [-0.05, 0) is 131 Å². The Hall–Kier alpha value is -12.3. The van der Waals surface area contributed by atoms with Crippen molar-refractivity contribution in [2.75, 3.05) is 5.33 Å². The van der Waals surface area contributed by atoms with Gasteiger partial charge in [0.05, 0.1) is 19.6 Å². The standard InChI is InChI=1S/C26H24ClF3N4O6.C22H16ClF3N4O6.C20H14ClF3N4O4.C6H11BrO2.CH4/c1-25(2,3)40-19(35)14-34-22(36)20-21(32(4)24(34)37)31-23(33(20)13-15-8-10-16(27)11-9-15)38-17-6-5-7-18(12-17)39-26(28,29)30;1-28-18-17(19(33)30(21(28)34)11-16(31)32)29(10-12-5-7-13(23)8-6-12)20(27-18)35-14-3-2-4-15(9-14)36-22(24,25)26;1-27-16-15(17(29)26-18(27)30)28(10-11-5-7-12(21)8-6-11)19(25-16)31-13-3-2-4-14(9-13)32-20(22,23)24;1-6(2,3)9-5(8)4-7;/h5-12H,13-14H2,1-4H3;2-9H,10-11H2,1H3,(H,31,32);2-9H,10H2,1H3,(H,26,29,30);4H2,1-3H3;1H4. The quantitative estimate of drug-likeness (QED) is 0.0406. The number of benzene rings is 6. The molecule has 30 nitrogen and oxygen atoms in total. The van der Waals surface area contributed by atoms with E-state index in [2.05, 4.69) is 50.1 Å². The van der Waals surface area contributed by atoms with E-state index in [1.807, 2.05) is 20.8 Å². The highest BCUT2D eigenvalue weighted by atomic mass is 79.9. The molecule has 0 saturated heterocycles. The number of imidazole rings is 3. The molecule has 0 atom stereocenters. The first-order valence-corrected chi connectivity index (χ1v) is 36.0. The van der Waals surface area contributed by atoms with Crippen LogP contribution in [0.5, 0.6) is 52.5 Å². The number of aliphatic carboxylic acids is 1. The number of carbonyl (C=O) groups is 3. The fourth-order valence-electron chi connectivity index (χ4n) is 10.7. The van der Waals surface area contributed by atoms with E-state index in [9.17, 15) is 82.7 Å². The first-order valence-electron chi connectivity index (χ1n) is 33.8. The summed E-state index contributed by atoms with van der Waals surface area (Å²) in [5.41, 5.74) is -4.36. The molecule has 6 heterocycles. The number of hydrogen-bond acceptors (Lipinski definition) is 20. The van der Waals surface area contributed by atoms with Crippen LogP contribution in [0.3, 0.4) is 0 Å². The maximum absolute atomic E-state index is 13.6. The lowest BCUT2D eigenvalue weighted by Crippen LogP contribution is -2.42. The topological polar surface area (TPSA) is 342 Å². The number of carbonyl (C=O) groups excluding carboxylic acids is 2. The van der Waals surface area contributed by atoms with Crippen molar-refractivity contribution in [1.29, 1.82) is 0 Å². The van der Waals surface area contributed by atoms with Gasteiger partial charge in [0.15, 0.2) is 33.5 Å². The van der Waals surface area contributed by atoms with Gasteiger partial charge in [-0.15, -0.1) is 39.5 Å². The van der Waals surface area contributed by atoms with Crippen LogP contribution in [-0.2, 0) is 77.7 Å². The van der Waals surface area contributed by atoms with Crippen molar-refractivity contribution < 1.29 is 96.9 Å². The monoisotopic (exact) mass is 1780 g/mol. The van der Waals surface area contributed by atoms with Crippen LogP contribution in [0, 0.1) is 0 Å². The molecule has 6 aromatic carbocycles. The molecule has 0 saturated carbocycles. The first kappa shape index (κ1) is 91.2. The molecule has 12 aromatic rings. The van der Waals surface area contributed by atoms with Crippen LogP contribution in [0.15, 0.2) is 174 Å². The number of nitrogens with zero attached hydrogens (tertiary/aromatic N) is 11. The van der Waals surface area contributed by atoms with Crippen molar-refractivity contribution in [3.8, 4) is 52.5 Å². The third-order valence-electron chi connectivity index (χ3n) is 15.4. The Bertz CT molecular complexity index is 6070. The molecular formula is C75H69BrCl3F9N12O18. The molecule has 6 aromatic heterocycles.